The number of rotatable bonds is 2. The SMILES string of the molecule is CCCC1=NC(C)N=C(Cl)N1. The number of halogens is 1. The summed E-state index contributed by atoms with van der Waals surface area (Å²) in [5.74, 6) is 0.944. The first-order valence-corrected chi connectivity index (χ1v) is 4.17. The van der Waals surface area contributed by atoms with Crippen LogP contribution in [0.4, 0.5) is 0 Å². The lowest BCUT2D eigenvalue weighted by Gasteiger charge is -2.14. The molecule has 1 rings (SSSR count). The summed E-state index contributed by atoms with van der Waals surface area (Å²) in [4.78, 5) is 8.25. The van der Waals surface area contributed by atoms with Gasteiger partial charge in [0, 0.05) is 6.42 Å². The van der Waals surface area contributed by atoms with Gasteiger partial charge < -0.3 is 5.32 Å². The van der Waals surface area contributed by atoms with Gasteiger partial charge in [-0.05, 0) is 24.9 Å². The molecule has 0 aromatic carbocycles. The van der Waals surface area contributed by atoms with Crippen LogP contribution in [-0.2, 0) is 0 Å². The summed E-state index contributed by atoms with van der Waals surface area (Å²) in [5.41, 5.74) is 0. The van der Waals surface area contributed by atoms with Crippen LogP contribution in [-0.4, -0.2) is 17.3 Å². The van der Waals surface area contributed by atoms with E-state index in [2.05, 4.69) is 22.2 Å². The Kier molecular flexibility index (Phi) is 2.88. The lowest BCUT2D eigenvalue weighted by molar-refractivity contribution is 0.761. The number of hydrogen-bond donors (Lipinski definition) is 1. The van der Waals surface area contributed by atoms with Crippen molar-refractivity contribution < 1.29 is 0 Å². The van der Waals surface area contributed by atoms with E-state index in [0.717, 1.165) is 18.7 Å². The maximum absolute atomic E-state index is 5.70. The molecule has 1 N–H and O–H groups in total. The lowest BCUT2D eigenvalue weighted by Crippen LogP contribution is -2.32. The van der Waals surface area contributed by atoms with Crippen molar-refractivity contribution >= 4 is 22.7 Å². The van der Waals surface area contributed by atoms with Gasteiger partial charge in [-0.3, -0.25) is 0 Å². The Labute approximate surface area is 71.6 Å². The minimum absolute atomic E-state index is 0.0229. The highest BCUT2D eigenvalue weighted by Crippen LogP contribution is 2.03. The molecule has 0 spiro atoms. The predicted molar refractivity (Wildman–Crippen MR) is 48.2 cm³/mol. The highest BCUT2D eigenvalue weighted by Gasteiger charge is 2.09. The quantitative estimate of drug-likeness (QED) is 0.635. The molecule has 0 saturated heterocycles. The van der Waals surface area contributed by atoms with Gasteiger partial charge in [0.1, 0.15) is 12.0 Å². The number of nitrogens with zero attached hydrogens (tertiary/aromatic N) is 2. The second-order valence-corrected chi connectivity index (χ2v) is 2.86. The Morgan fingerprint density at radius 3 is 2.82 bits per heavy atom. The van der Waals surface area contributed by atoms with Crippen LogP contribution in [0.2, 0.25) is 0 Å². The van der Waals surface area contributed by atoms with Crippen molar-refractivity contribution in [2.45, 2.75) is 32.9 Å². The molecule has 0 aromatic rings. The predicted octanol–water partition coefficient (Wildman–Crippen LogP) is 1.73. The van der Waals surface area contributed by atoms with Crippen molar-refractivity contribution in [3.63, 3.8) is 0 Å². The second kappa shape index (κ2) is 3.72. The molecule has 1 atom stereocenters. The maximum atomic E-state index is 5.70. The third-order valence-electron chi connectivity index (χ3n) is 1.38. The van der Waals surface area contributed by atoms with Gasteiger partial charge in [-0.15, -0.1) is 0 Å². The molecule has 0 saturated carbocycles. The van der Waals surface area contributed by atoms with Crippen LogP contribution in [0.15, 0.2) is 9.98 Å². The van der Waals surface area contributed by atoms with Crippen LogP contribution in [0.25, 0.3) is 0 Å². The topological polar surface area (TPSA) is 36.8 Å². The molecular formula is C7H12ClN3. The molecule has 0 amide bonds. The Morgan fingerprint density at radius 2 is 2.27 bits per heavy atom. The molecular weight excluding hydrogens is 162 g/mol. The summed E-state index contributed by atoms with van der Waals surface area (Å²) in [6.07, 6.45) is 1.99. The van der Waals surface area contributed by atoms with E-state index in [1.807, 2.05) is 6.92 Å². The highest BCUT2D eigenvalue weighted by molar-refractivity contribution is 6.66. The highest BCUT2D eigenvalue weighted by atomic mass is 35.5. The molecule has 4 heteroatoms. The van der Waals surface area contributed by atoms with E-state index in [9.17, 15) is 0 Å². The normalized spacial score (nSPS) is 23.7. The molecule has 0 radical (unpaired) electrons. The third-order valence-corrected chi connectivity index (χ3v) is 1.57. The first kappa shape index (κ1) is 8.53. The fraction of sp³-hybridized carbons (Fsp3) is 0.714. The second-order valence-electron chi connectivity index (χ2n) is 2.50. The maximum Gasteiger partial charge on any atom is 0.198 e. The first-order valence-electron chi connectivity index (χ1n) is 3.79. The molecule has 3 nitrogen and oxygen atoms in total. The molecule has 11 heavy (non-hydrogen) atoms. The van der Waals surface area contributed by atoms with Crippen molar-refractivity contribution in [3.8, 4) is 0 Å². The Balaban J connectivity index is 2.56. The summed E-state index contributed by atoms with van der Waals surface area (Å²) in [5, 5.41) is 3.37. The molecule has 0 aliphatic carbocycles. The van der Waals surface area contributed by atoms with E-state index in [-0.39, 0.29) is 6.17 Å². The molecule has 1 aliphatic rings. The average molecular weight is 174 g/mol. The van der Waals surface area contributed by atoms with Gasteiger partial charge >= 0.3 is 0 Å². The fourth-order valence-electron chi connectivity index (χ4n) is 0.966. The van der Waals surface area contributed by atoms with E-state index in [1.165, 1.54) is 0 Å². The van der Waals surface area contributed by atoms with Gasteiger partial charge in [-0.2, -0.15) is 0 Å². The molecule has 1 aliphatic heterocycles. The molecule has 1 unspecified atom stereocenters. The molecule has 0 fully saturated rings. The van der Waals surface area contributed by atoms with Gasteiger partial charge in [0.25, 0.3) is 0 Å². The van der Waals surface area contributed by atoms with Gasteiger partial charge in [0.2, 0.25) is 0 Å². The van der Waals surface area contributed by atoms with Crippen LogP contribution in [0.5, 0.6) is 0 Å². The first-order chi connectivity index (χ1) is 5.22. The summed E-state index contributed by atoms with van der Waals surface area (Å²) >= 11 is 5.70. The monoisotopic (exact) mass is 173 g/mol. The zero-order valence-corrected chi connectivity index (χ0v) is 7.52. The van der Waals surface area contributed by atoms with Gasteiger partial charge in [0.15, 0.2) is 5.29 Å². The minimum Gasteiger partial charge on any atom is -0.319 e. The summed E-state index contributed by atoms with van der Waals surface area (Å²) in [7, 11) is 0. The van der Waals surface area contributed by atoms with E-state index in [0.29, 0.717) is 5.29 Å². The van der Waals surface area contributed by atoms with E-state index >= 15 is 0 Å². The summed E-state index contributed by atoms with van der Waals surface area (Å²) in [6, 6.07) is 0. The zero-order chi connectivity index (χ0) is 8.27. The molecule has 62 valence electrons. The number of aliphatic imine (C=N–C) groups is 2. The van der Waals surface area contributed by atoms with Crippen LogP contribution in [0.1, 0.15) is 26.7 Å². The largest absolute Gasteiger partial charge is 0.319 e. The fourth-order valence-corrected chi connectivity index (χ4v) is 1.22. The average Bonchev–Trinajstić information content (AvgIpc) is 1.85. The van der Waals surface area contributed by atoms with Crippen LogP contribution in [0, 0.1) is 0 Å². The molecule has 0 aromatic heterocycles. The van der Waals surface area contributed by atoms with E-state index in [1.54, 1.807) is 0 Å². The standard InChI is InChI=1S/C7H12ClN3/c1-3-4-6-9-5(2)10-7(8)11-6/h5H,3-4H2,1-2H3,(H,9,10,11). The minimum atomic E-state index is -0.0229. The van der Waals surface area contributed by atoms with E-state index in [4.69, 9.17) is 11.6 Å². The summed E-state index contributed by atoms with van der Waals surface area (Å²) in [6.45, 7) is 4.02. The van der Waals surface area contributed by atoms with Crippen molar-refractivity contribution in [3.05, 3.63) is 0 Å². The van der Waals surface area contributed by atoms with Crippen LogP contribution < -0.4 is 5.32 Å². The van der Waals surface area contributed by atoms with Gasteiger partial charge in [-0.25, -0.2) is 9.98 Å². The molecule has 1 heterocycles. The zero-order valence-electron chi connectivity index (χ0n) is 6.76. The van der Waals surface area contributed by atoms with Crippen molar-refractivity contribution in [2.75, 3.05) is 0 Å². The van der Waals surface area contributed by atoms with Crippen LogP contribution in [0.3, 0.4) is 0 Å². The van der Waals surface area contributed by atoms with Crippen LogP contribution >= 0.6 is 11.6 Å². The molecule has 0 bridgehead atoms. The lowest BCUT2D eigenvalue weighted by atomic mass is 10.3. The Bertz CT molecular complexity index is 198. The third kappa shape index (κ3) is 2.50. The smallest absolute Gasteiger partial charge is 0.198 e. The van der Waals surface area contributed by atoms with Crippen molar-refractivity contribution in [2.24, 2.45) is 9.98 Å². The number of hydrogen-bond acceptors (Lipinski definition) is 3. The van der Waals surface area contributed by atoms with Crippen molar-refractivity contribution in [1.82, 2.24) is 5.32 Å². The van der Waals surface area contributed by atoms with E-state index < -0.39 is 0 Å². The van der Waals surface area contributed by atoms with Crippen molar-refractivity contribution in [1.29, 1.82) is 0 Å². The Morgan fingerprint density at radius 1 is 1.55 bits per heavy atom. The van der Waals surface area contributed by atoms with Gasteiger partial charge in [-0.1, -0.05) is 6.92 Å². The summed E-state index contributed by atoms with van der Waals surface area (Å²) < 4.78 is 0. The number of amidine groups is 2. The Hall–Kier alpha value is -0.570. The number of nitrogens with one attached hydrogen (secondary N) is 1. The van der Waals surface area contributed by atoms with Gasteiger partial charge in [0.05, 0.1) is 0 Å².